The summed E-state index contributed by atoms with van der Waals surface area (Å²) < 4.78 is 11.4. The third-order valence-electron chi connectivity index (χ3n) is 3.03. The van der Waals surface area contributed by atoms with Crippen molar-refractivity contribution >= 4 is 5.91 Å². The summed E-state index contributed by atoms with van der Waals surface area (Å²) in [4.78, 5) is 27.6. The second-order valence-electron chi connectivity index (χ2n) is 4.49. The zero-order valence-electron chi connectivity index (χ0n) is 11.6. The van der Waals surface area contributed by atoms with Crippen LogP contribution in [0.3, 0.4) is 0 Å². The van der Waals surface area contributed by atoms with Crippen LogP contribution < -0.4 is 10.9 Å². The number of amides is 1. The molecule has 22 heavy (non-hydrogen) atoms. The van der Waals surface area contributed by atoms with E-state index in [2.05, 4.69) is 15.5 Å². The molecule has 0 aliphatic heterocycles. The minimum atomic E-state index is -0.279. The van der Waals surface area contributed by atoms with Crippen LogP contribution in [0.5, 0.6) is 0 Å². The van der Waals surface area contributed by atoms with E-state index in [9.17, 15) is 9.59 Å². The predicted octanol–water partition coefficient (Wildman–Crippen LogP) is 0.899. The van der Waals surface area contributed by atoms with Gasteiger partial charge in [-0.3, -0.25) is 9.59 Å². The minimum absolute atomic E-state index is 0.0779. The molecule has 0 saturated heterocycles. The van der Waals surface area contributed by atoms with Gasteiger partial charge < -0.3 is 18.8 Å². The number of nitrogens with one attached hydrogen (secondary N) is 1. The Balaban J connectivity index is 1.87. The Bertz CT molecular complexity index is 848. The van der Waals surface area contributed by atoms with Gasteiger partial charge in [-0.2, -0.15) is 4.98 Å². The highest BCUT2D eigenvalue weighted by atomic mass is 16.5. The molecule has 0 fully saturated rings. The van der Waals surface area contributed by atoms with Crippen molar-refractivity contribution in [1.82, 2.24) is 20.0 Å². The van der Waals surface area contributed by atoms with Crippen LogP contribution in [0.15, 0.2) is 50.7 Å². The van der Waals surface area contributed by atoms with Crippen molar-refractivity contribution in [2.24, 2.45) is 0 Å². The molecule has 3 heterocycles. The number of rotatable bonds is 4. The molecule has 8 heteroatoms. The van der Waals surface area contributed by atoms with Gasteiger partial charge in [-0.1, -0.05) is 5.16 Å². The molecule has 0 spiro atoms. The maximum Gasteiger partial charge on any atom is 0.252 e. The Morgan fingerprint density at radius 3 is 2.95 bits per heavy atom. The van der Waals surface area contributed by atoms with E-state index >= 15 is 0 Å². The molecule has 0 unspecified atom stereocenters. The van der Waals surface area contributed by atoms with Crippen molar-refractivity contribution in [2.75, 3.05) is 7.05 Å². The highest BCUT2D eigenvalue weighted by molar-refractivity contribution is 5.93. The molecule has 0 radical (unpaired) electrons. The van der Waals surface area contributed by atoms with Crippen LogP contribution in [0.4, 0.5) is 0 Å². The van der Waals surface area contributed by atoms with E-state index in [1.54, 1.807) is 6.07 Å². The molecule has 0 aromatic carbocycles. The molecule has 0 aliphatic carbocycles. The Morgan fingerprint density at radius 2 is 2.23 bits per heavy atom. The first-order chi connectivity index (χ1) is 10.7. The van der Waals surface area contributed by atoms with Crippen LogP contribution in [0, 0.1) is 0 Å². The number of carbonyl (C=O) groups excluding carboxylic acids is 1. The lowest BCUT2D eigenvalue weighted by Gasteiger charge is -2.04. The summed E-state index contributed by atoms with van der Waals surface area (Å²) >= 11 is 0. The van der Waals surface area contributed by atoms with Gasteiger partial charge in [0.15, 0.2) is 0 Å². The molecule has 3 aromatic heterocycles. The van der Waals surface area contributed by atoms with Gasteiger partial charge in [0.1, 0.15) is 12.8 Å². The van der Waals surface area contributed by atoms with E-state index in [0.29, 0.717) is 17.0 Å². The first kappa shape index (κ1) is 13.8. The lowest BCUT2D eigenvalue weighted by Crippen LogP contribution is -2.24. The molecule has 112 valence electrons. The maximum atomic E-state index is 11.8. The summed E-state index contributed by atoms with van der Waals surface area (Å²) in [7, 11) is 1.52. The number of hydrogen-bond acceptors (Lipinski definition) is 6. The Hall–Kier alpha value is -3.16. The zero-order chi connectivity index (χ0) is 15.5. The molecule has 1 amide bonds. The summed E-state index contributed by atoms with van der Waals surface area (Å²) in [5, 5.41) is 6.32. The van der Waals surface area contributed by atoms with E-state index < -0.39 is 0 Å². The van der Waals surface area contributed by atoms with Crippen molar-refractivity contribution in [3.05, 3.63) is 58.7 Å². The summed E-state index contributed by atoms with van der Waals surface area (Å²) in [6.07, 6.45) is 4.44. The van der Waals surface area contributed by atoms with E-state index in [1.807, 2.05) is 0 Å². The number of carbonyl (C=O) groups is 1. The number of aromatic nitrogens is 3. The highest BCUT2D eigenvalue weighted by Crippen LogP contribution is 2.15. The SMILES string of the molecule is CNC(=O)c1ccc(=O)n(Cc2nc(-c3ccoc3)no2)c1. The molecule has 0 aliphatic rings. The van der Waals surface area contributed by atoms with Crippen molar-refractivity contribution in [3.63, 3.8) is 0 Å². The first-order valence-electron chi connectivity index (χ1n) is 6.45. The Morgan fingerprint density at radius 1 is 1.36 bits per heavy atom. The van der Waals surface area contributed by atoms with E-state index in [1.165, 1.54) is 42.5 Å². The molecule has 8 nitrogen and oxygen atoms in total. The molecular formula is C14H12N4O4. The van der Waals surface area contributed by atoms with E-state index in [4.69, 9.17) is 8.94 Å². The second kappa shape index (κ2) is 5.68. The fraction of sp³-hybridized carbons (Fsp3) is 0.143. The van der Waals surface area contributed by atoms with Gasteiger partial charge in [-0.25, -0.2) is 0 Å². The normalized spacial score (nSPS) is 10.6. The largest absolute Gasteiger partial charge is 0.472 e. The molecule has 3 aromatic rings. The van der Waals surface area contributed by atoms with Gasteiger partial charge in [0.2, 0.25) is 11.7 Å². The Kier molecular flexibility index (Phi) is 3.57. The highest BCUT2D eigenvalue weighted by Gasteiger charge is 2.12. The van der Waals surface area contributed by atoms with Gasteiger partial charge in [-0.15, -0.1) is 0 Å². The van der Waals surface area contributed by atoms with Gasteiger partial charge in [0, 0.05) is 19.3 Å². The lowest BCUT2D eigenvalue weighted by molar-refractivity contribution is 0.0962. The van der Waals surface area contributed by atoms with Crippen molar-refractivity contribution < 1.29 is 13.7 Å². The zero-order valence-corrected chi connectivity index (χ0v) is 11.6. The summed E-state index contributed by atoms with van der Waals surface area (Å²) in [6, 6.07) is 4.48. The summed E-state index contributed by atoms with van der Waals surface area (Å²) in [5.74, 6) is 0.352. The number of pyridine rings is 1. The molecule has 1 N–H and O–H groups in total. The first-order valence-corrected chi connectivity index (χ1v) is 6.45. The van der Waals surface area contributed by atoms with Gasteiger partial charge in [0.05, 0.1) is 17.4 Å². The second-order valence-corrected chi connectivity index (χ2v) is 4.49. The standard InChI is InChI=1S/C14H12N4O4/c1-15-14(20)9-2-3-12(19)18(6-9)7-11-16-13(17-22-11)10-4-5-21-8-10/h2-6,8H,7H2,1H3,(H,15,20). The molecule has 0 saturated carbocycles. The van der Waals surface area contributed by atoms with Crippen molar-refractivity contribution in [2.45, 2.75) is 6.54 Å². The number of hydrogen-bond donors (Lipinski definition) is 1. The average molecular weight is 300 g/mol. The molecular weight excluding hydrogens is 288 g/mol. The lowest BCUT2D eigenvalue weighted by atomic mass is 10.2. The fourth-order valence-electron chi connectivity index (χ4n) is 1.91. The van der Waals surface area contributed by atoms with Crippen LogP contribution in [0.1, 0.15) is 16.2 Å². The number of furan rings is 1. The minimum Gasteiger partial charge on any atom is -0.472 e. The van der Waals surface area contributed by atoms with Crippen molar-refractivity contribution in [3.8, 4) is 11.4 Å². The topological polar surface area (TPSA) is 103 Å². The van der Waals surface area contributed by atoms with Crippen LogP contribution in [-0.2, 0) is 6.54 Å². The number of nitrogens with zero attached hydrogens (tertiary/aromatic N) is 3. The quantitative estimate of drug-likeness (QED) is 0.767. The monoisotopic (exact) mass is 300 g/mol. The Labute approximate surface area is 124 Å². The van der Waals surface area contributed by atoms with Gasteiger partial charge in [-0.05, 0) is 12.1 Å². The smallest absolute Gasteiger partial charge is 0.252 e. The van der Waals surface area contributed by atoms with Crippen LogP contribution in [0.25, 0.3) is 11.4 Å². The average Bonchev–Trinajstić information content (AvgIpc) is 3.19. The third-order valence-corrected chi connectivity index (χ3v) is 3.03. The predicted molar refractivity (Wildman–Crippen MR) is 75.2 cm³/mol. The van der Waals surface area contributed by atoms with Gasteiger partial charge in [0.25, 0.3) is 11.5 Å². The van der Waals surface area contributed by atoms with Crippen molar-refractivity contribution in [1.29, 1.82) is 0 Å². The van der Waals surface area contributed by atoms with E-state index in [-0.39, 0.29) is 23.9 Å². The van der Waals surface area contributed by atoms with E-state index in [0.717, 1.165) is 0 Å². The summed E-state index contributed by atoms with van der Waals surface area (Å²) in [5.41, 5.74) is 0.786. The summed E-state index contributed by atoms with van der Waals surface area (Å²) in [6.45, 7) is 0.0779. The van der Waals surface area contributed by atoms with Crippen LogP contribution in [-0.4, -0.2) is 27.7 Å². The van der Waals surface area contributed by atoms with Gasteiger partial charge >= 0.3 is 0 Å². The molecule has 3 rings (SSSR count). The molecule has 0 atom stereocenters. The fourth-order valence-corrected chi connectivity index (χ4v) is 1.91. The van der Waals surface area contributed by atoms with Crippen LogP contribution in [0.2, 0.25) is 0 Å². The molecule has 0 bridgehead atoms. The van der Waals surface area contributed by atoms with Crippen LogP contribution >= 0.6 is 0 Å². The maximum absolute atomic E-state index is 11.8. The third kappa shape index (κ3) is 2.66.